The SMILES string of the molecule is CN(c1ccccc1)c1ccc(C(=O)NC(C)(C)CN)cn1. The molecule has 0 radical (unpaired) electrons. The van der Waals surface area contributed by atoms with Crippen molar-refractivity contribution in [3.63, 3.8) is 0 Å². The van der Waals surface area contributed by atoms with Crippen LogP contribution < -0.4 is 16.0 Å². The molecule has 116 valence electrons. The Morgan fingerprint density at radius 1 is 1.23 bits per heavy atom. The van der Waals surface area contributed by atoms with Crippen LogP contribution in [-0.4, -0.2) is 30.0 Å². The molecule has 0 unspecified atom stereocenters. The fraction of sp³-hybridized carbons (Fsp3) is 0.294. The molecular formula is C17H22N4O. The van der Waals surface area contributed by atoms with Gasteiger partial charge in [-0.2, -0.15) is 0 Å². The van der Waals surface area contributed by atoms with Crippen LogP contribution in [0.5, 0.6) is 0 Å². The quantitative estimate of drug-likeness (QED) is 0.888. The van der Waals surface area contributed by atoms with E-state index in [0.717, 1.165) is 11.5 Å². The zero-order valence-corrected chi connectivity index (χ0v) is 13.2. The molecule has 5 heteroatoms. The highest BCUT2D eigenvalue weighted by molar-refractivity contribution is 5.94. The van der Waals surface area contributed by atoms with Crippen molar-refractivity contribution in [2.45, 2.75) is 19.4 Å². The van der Waals surface area contributed by atoms with Crippen LogP contribution >= 0.6 is 0 Å². The van der Waals surface area contributed by atoms with Crippen LogP contribution in [0, 0.1) is 0 Å². The highest BCUT2D eigenvalue weighted by Crippen LogP contribution is 2.20. The summed E-state index contributed by atoms with van der Waals surface area (Å²) in [5.74, 6) is 0.609. The molecule has 1 aromatic carbocycles. The number of nitrogens with two attached hydrogens (primary N) is 1. The van der Waals surface area contributed by atoms with Crippen LogP contribution in [0.2, 0.25) is 0 Å². The first kappa shape index (κ1) is 16.0. The Bertz CT molecular complexity index is 623. The molecule has 1 aromatic heterocycles. The Hall–Kier alpha value is -2.40. The Morgan fingerprint density at radius 3 is 2.45 bits per heavy atom. The molecule has 5 nitrogen and oxygen atoms in total. The number of nitrogens with zero attached hydrogens (tertiary/aromatic N) is 2. The number of carbonyl (C=O) groups excluding carboxylic acids is 1. The lowest BCUT2D eigenvalue weighted by Crippen LogP contribution is -2.48. The van der Waals surface area contributed by atoms with Crippen LogP contribution in [0.25, 0.3) is 0 Å². The summed E-state index contributed by atoms with van der Waals surface area (Å²) in [5.41, 5.74) is 6.75. The predicted octanol–water partition coefficient (Wildman–Crippen LogP) is 2.32. The molecule has 0 saturated carbocycles. The number of hydrogen-bond acceptors (Lipinski definition) is 4. The topological polar surface area (TPSA) is 71.2 Å². The van der Waals surface area contributed by atoms with Gasteiger partial charge >= 0.3 is 0 Å². The van der Waals surface area contributed by atoms with Gasteiger partial charge in [0, 0.05) is 31.0 Å². The lowest BCUT2D eigenvalue weighted by Gasteiger charge is -2.24. The van der Waals surface area contributed by atoms with Crippen molar-refractivity contribution in [2.24, 2.45) is 5.73 Å². The summed E-state index contributed by atoms with van der Waals surface area (Å²) in [6, 6.07) is 13.5. The molecule has 1 heterocycles. The van der Waals surface area contributed by atoms with Crippen molar-refractivity contribution >= 4 is 17.4 Å². The molecule has 0 aliphatic carbocycles. The molecule has 0 aliphatic heterocycles. The van der Waals surface area contributed by atoms with E-state index in [0.29, 0.717) is 12.1 Å². The molecule has 22 heavy (non-hydrogen) atoms. The van der Waals surface area contributed by atoms with Crippen molar-refractivity contribution in [3.8, 4) is 0 Å². The lowest BCUT2D eigenvalue weighted by molar-refractivity contribution is 0.0915. The zero-order chi connectivity index (χ0) is 16.2. The first-order chi connectivity index (χ1) is 10.4. The molecule has 0 atom stereocenters. The van der Waals surface area contributed by atoms with E-state index in [2.05, 4.69) is 10.3 Å². The van der Waals surface area contributed by atoms with E-state index in [1.54, 1.807) is 12.3 Å². The maximum Gasteiger partial charge on any atom is 0.253 e. The average molecular weight is 298 g/mol. The van der Waals surface area contributed by atoms with E-state index in [-0.39, 0.29) is 5.91 Å². The number of rotatable bonds is 5. The molecule has 3 N–H and O–H groups in total. The first-order valence-electron chi connectivity index (χ1n) is 7.20. The van der Waals surface area contributed by atoms with Crippen molar-refractivity contribution in [3.05, 3.63) is 54.2 Å². The predicted molar refractivity (Wildman–Crippen MR) is 89.3 cm³/mol. The Labute approximate surface area is 131 Å². The van der Waals surface area contributed by atoms with Gasteiger partial charge in [-0.15, -0.1) is 0 Å². The third kappa shape index (κ3) is 3.83. The van der Waals surface area contributed by atoms with Gasteiger partial charge < -0.3 is 16.0 Å². The van der Waals surface area contributed by atoms with Crippen LogP contribution in [0.15, 0.2) is 48.7 Å². The summed E-state index contributed by atoms with van der Waals surface area (Å²) >= 11 is 0. The van der Waals surface area contributed by atoms with Gasteiger partial charge in [0.2, 0.25) is 0 Å². The van der Waals surface area contributed by atoms with Crippen molar-refractivity contribution < 1.29 is 4.79 Å². The minimum atomic E-state index is -0.434. The Morgan fingerprint density at radius 2 is 1.91 bits per heavy atom. The Kier molecular flexibility index (Phi) is 4.78. The minimum Gasteiger partial charge on any atom is -0.346 e. The third-order valence-corrected chi connectivity index (χ3v) is 3.46. The Balaban J connectivity index is 2.12. The maximum absolute atomic E-state index is 12.2. The van der Waals surface area contributed by atoms with E-state index in [1.807, 2.05) is 62.2 Å². The smallest absolute Gasteiger partial charge is 0.253 e. The molecular weight excluding hydrogens is 276 g/mol. The summed E-state index contributed by atoms with van der Waals surface area (Å²) in [6.45, 7) is 4.15. The molecule has 0 aliphatic rings. The summed E-state index contributed by atoms with van der Waals surface area (Å²) in [6.07, 6.45) is 1.58. The maximum atomic E-state index is 12.2. The van der Waals surface area contributed by atoms with Crippen molar-refractivity contribution in [2.75, 3.05) is 18.5 Å². The van der Waals surface area contributed by atoms with Gasteiger partial charge in [0.05, 0.1) is 5.56 Å². The summed E-state index contributed by atoms with van der Waals surface area (Å²) in [5, 5.41) is 2.89. The van der Waals surface area contributed by atoms with E-state index < -0.39 is 5.54 Å². The largest absolute Gasteiger partial charge is 0.346 e. The number of carbonyl (C=O) groups is 1. The van der Waals surface area contributed by atoms with E-state index in [1.165, 1.54) is 0 Å². The summed E-state index contributed by atoms with van der Waals surface area (Å²) < 4.78 is 0. The molecule has 0 saturated heterocycles. The second-order valence-electron chi connectivity index (χ2n) is 5.84. The number of nitrogens with one attached hydrogen (secondary N) is 1. The molecule has 1 amide bonds. The number of anilines is 2. The van der Waals surface area contributed by atoms with Gasteiger partial charge in [-0.3, -0.25) is 4.79 Å². The number of pyridine rings is 1. The minimum absolute atomic E-state index is 0.170. The second kappa shape index (κ2) is 6.58. The highest BCUT2D eigenvalue weighted by Gasteiger charge is 2.19. The van der Waals surface area contributed by atoms with Gasteiger partial charge in [0.1, 0.15) is 5.82 Å². The van der Waals surface area contributed by atoms with Gasteiger partial charge in [-0.05, 0) is 38.1 Å². The number of hydrogen-bond donors (Lipinski definition) is 2. The standard InChI is InChI=1S/C17H22N4O/c1-17(2,12-18)20-16(22)13-9-10-15(19-11-13)21(3)14-7-5-4-6-8-14/h4-11H,12,18H2,1-3H3,(H,20,22). The van der Waals surface area contributed by atoms with E-state index in [4.69, 9.17) is 5.73 Å². The molecule has 0 fully saturated rings. The van der Waals surface area contributed by atoms with E-state index >= 15 is 0 Å². The van der Waals surface area contributed by atoms with Crippen LogP contribution in [0.1, 0.15) is 24.2 Å². The lowest BCUT2D eigenvalue weighted by atomic mass is 10.1. The number of amides is 1. The van der Waals surface area contributed by atoms with Gasteiger partial charge in [0.25, 0.3) is 5.91 Å². The number of benzene rings is 1. The van der Waals surface area contributed by atoms with Crippen LogP contribution in [0.4, 0.5) is 11.5 Å². The summed E-state index contributed by atoms with van der Waals surface area (Å²) in [7, 11) is 1.94. The van der Waals surface area contributed by atoms with Gasteiger partial charge in [-0.25, -0.2) is 4.98 Å². The molecule has 0 bridgehead atoms. The van der Waals surface area contributed by atoms with Gasteiger partial charge in [0.15, 0.2) is 0 Å². The highest BCUT2D eigenvalue weighted by atomic mass is 16.1. The molecule has 0 spiro atoms. The fourth-order valence-electron chi connectivity index (χ4n) is 1.93. The normalized spacial score (nSPS) is 11.1. The fourth-order valence-corrected chi connectivity index (χ4v) is 1.93. The third-order valence-electron chi connectivity index (χ3n) is 3.46. The van der Waals surface area contributed by atoms with Crippen LogP contribution in [-0.2, 0) is 0 Å². The van der Waals surface area contributed by atoms with E-state index in [9.17, 15) is 4.79 Å². The van der Waals surface area contributed by atoms with Crippen molar-refractivity contribution in [1.29, 1.82) is 0 Å². The van der Waals surface area contributed by atoms with Crippen molar-refractivity contribution in [1.82, 2.24) is 10.3 Å². The second-order valence-corrected chi connectivity index (χ2v) is 5.84. The average Bonchev–Trinajstić information content (AvgIpc) is 2.55. The monoisotopic (exact) mass is 298 g/mol. The molecule has 2 rings (SSSR count). The van der Waals surface area contributed by atoms with Gasteiger partial charge in [-0.1, -0.05) is 18.2 Å². The molecule has 2 aromatic rings. The number of aromatic nitrogens is 1. The zero-order valence-electron chi connectivity index (χ0n) is 13.2. The summed E-state index contributed by atoms with van der Waals surface area (Å²) in [4.78, 5) is 18.5. The first-order valence-corrected chi connectivity index (χ1v) is 7.20. The number of para-hydroxylation sites is 1. The van der Waals surface area contributed by atoms with Crippen LogP contribution in [0.3, 0.4) is 0 Å².